The van der Waals surface area contributed by atoms with E-state index in [-0.39, 0.29) is 11.8 Å². The molecule has 0 aliphatic heterocycles. The zero-order chi connectivity index (χ0) is 16.3. The van der Waals surface area contributed by atoms with Gasteiger partial charge in [-0.1, -0.05) is 11.6 Å². The minimum Gasteiger partial charge on any atom is -0.479 e. The van der Waals surface area contributed by atoms with E-state index in [4.69, 9.17) is 27.9 Å². The Morgan fingerprint density at radius 2 is 2.00 bits per heavy atom. The Bertz CT molecular complexity index is 672. The van der Waals surface area contributed by atoms with Gasteiger partial charge in [-0.15, -0.1) is 22.9 Å². The Balaban J connectivity index is 2.21. The number of ether oxygens (including phenoxy) is 1. The maximum atomic E-state index is 12.1. The van der Waals surface area contributed by atoms with E-state index in [0.29, 0.717) is 24.0 Å². The Morgan fingerprint density at radius 1 is 1.32 bits per heavy atom. The quantitative estimate of drug-likeness (QED) is 0.718. The highest BCUT2D eigenvalue weighted by Crippen LogP contribution is 2.32. The van der Waals surface area contributed by atoms with Crippen LogP contribution in [0.1, 0.15) is 20.5 Å². The maximum Gasteiger partial charge on any atom is 0.244 e. The van der Waals surface area contributed by atoms with Crippen molar-refractivity contribution in [2.24, 2.45) is 0 Å². The molecule has 2 heterocycles. The zero-order valence-electron chi connectivity index (χ0n) is 12.4. The lowest BCUT2D eigenvalue weighted by molar-refractivity contribution is -0.129. The molecule has 2 aromatic rings. The van der Waals surface area contributed by atoms with Crippen LogP contribution in [0.2, 0.25) is 5.02 Å². The summed E-state index contributed by atoms with van der Waals surface area (Å²) in [5, 5.41) is 1.42. The van der Waals surface area contributed by atoms with Crippen LogP contribution in [0.3, 0.4) is 0 Å². The highest BCUT2D eigenvalue weighted by atomic mass is 35.5. The molecule has 120 valence electrons. The van der Waals surface area contributed by atoms with Gasteiger partial charge in [-0.25, -0.2) is 4.98 Å². The van der Waals surface area contributed by atoms with Gasteiger partial charge in [0.15, 0.2) is 0 Å². The van der Waals surface area contributed by atoms with Gasteiger partial charge in [-0.05, 0) is 25.4 Å². The number of hydrogen-bond donors (Lipinski definition) is 0. The van der Waals surface area contributed by atoms with E-state index < -0.39 is 0 Å². The SMILES string of the molecule is COc1nsc(CN(Cc2sc(C)nc2C)C(=O)CCl)c1Cl. The first-order valence-corrected chi connectivity index (χ1v) is 8.91. The molecule has 2 rings (SSSR count). The van der Waals surface area contributed by atoms with Gasteiger partial charge in [-0.2, -0.15) is 4.37 Å². The molecule has 0 bridgehead atoms. The van der Waals surface area contributed by atoms with Crippen LogP contribution in [0.25, 0.3) is 0 Å². The summed E-state index contributed by atoms with van der Waals surface area (Å²) in [6.45, 7) is 4.69. The standard InChI is InChI=1S/C13H15Cl2N3O2S2/c1-7-9(21-8(2)16-7)5-18(11(19)4-14)6-10-12(15)13(20-3)17-22-10/h4-6H2,1-3H3. The summed E-state index contributed by atoms with van der Waals surface area (Å²) in [7, 11) is 1.51. The van der Waals surface area contributed by atoms with Crippen molar-refractivity contribution in [1.29, 1.82) is 0 Å². The second kappa shape index (κ2) is 7.59. The van der Waals surface area contributed by atoms with Crippen molar-refractivity contribution in [3.05, 3.63) is 25.5 Å². The number of carbonyl (C=O) groups excluding carboxylic acids is 1. The van der Waals surface area contributed by atoms with Gasteiger partial charge in [0.2, 0.25) is 11.8 Å². The number of halogens is 2. The van der Waals surface area contributed by atoms with Crippen LogP contribution in [0.4, 0.5) is 0 Å². The average Bonchev–Trinajstić information content (AvgIpc) is 3.00. The number of thiazole rings is 1. The van der Waals surface area contributed by atoms with Crippen molar-refractivity contribution in [3.63, 3.8) is 0 Å². The van der Waals surface area contributed by atoms with E-state index in [1.807, 2.05) is 13.8 Å². The number of aryl methyl sites for hydroxylation is 2. The minimum absolute atomic E-state index is 0.0790. The third kappa shape index (κ3) is 3.90. The summed E-state index contributed by atoms with van der Waals surface area (Å²) in [5.74, 6) is 0.144. The number of rotatable bonds is 6. The van der Waals surface area contributed by atoms with Gasteiger partial charge in [-0.3, -0.25) is 4.79 Å². The second-order valence-corrected chi connectivity index (χ2v) is 7.34. The van der Waals surface area contributed by atoms with Crippen LogP contribution in [0, 0.1) is 13.8 Å². The third-order valence-electron chi connectivity index (χ3n) is 3.00. The highest BCUT2D eigenvalue weighted by Gasteiger charge is 2.21. The smallest absolute Gasteiger partial charge is 0.244 e. The zero-order valence-corrected chi connectivity index (χ0v) is 15.5. The summed E-state index contributed by atoms with van der Waals surface area (Å²) in [6.07, 6.45) is 0. The predicted molar refractivity (Wildman–Crippen MR) is 90.2 cm³/mol. The topological polar surface area (TPSA) is 55.3 Å². The average molecular weight is 380 g/mol. The monoisotopic (exact) mass is 379 g/mol. The Labute approximate surface area is 147 Å². The van der Waals surface area contributed by atoms with Crippen LogP contribution >= 0.6 is 46.1 Å². The number of carbonyl (C=O) groups is 1. The summed E-state index contributed by atoms with van der Waals surface area (Å²) in [4.78, 5) is 20.0. The molecule has 0 radical (unpaired) electrons. The van der Waals surface area contributed by atoms with E-state index >= 15 is 0 Å². The van der Waals surface area contributed by atoms with Gasteiger partial charge < -0.3 is 9.64 Å². The lowest BCUT2D eigenvalue weighted by atomic mass is 10.3. The molecule has 22 heavy (non-hydrogen) atoms. The maximum absolute atomic E-state index is 12.1. The van der Waals surface area contributed by atoms with Crippen molar-refractivity contribution >= 4 is 52.0 Å². The van der Waals surface area contributed by atoms with Crippen molar-refractivity contribution in [1.82, 2.24) is 14.3 Å². The Hall–Kier alpha value is -0.890. The highest BCUT2D eigenvalue weighted by molar-refractivity contribution is 7.11. The van der Waals surface area contributed by atoms with Crippen LogP contribution in [0.15, 0.2) is 0 Å². The molecule has 0 aliphatic rings. The van der Waals surface area contributed by atoms with Gasteiger partial charge in [0, 0.05) is 4.88 Å². The summed E-state index contributed by atoms with van der Waals surface area (Å²) >= 11 is 14.7. The first kappa shape index (κ1) is 17.5. The molecule has 0 unspecified atom stereocenters. The van der Waals surface area contributed by atoms with Crippen molar-refractivity contribution in [2.45, 2.75) is 26.9 Å². The number of alkyl halides is 1. The fraction of sp³-hybridized carbons (Fsp3) is 0.462. The van der Waals surface area contributed by atoms with E-state index in [0.717, 1.165) is 20.5 Å². The Morgan fingerprint density at radius 3 is 2.50 bits per heavy atom. The minimum atomic E-state index is -0.157. The normalized spacial score (nSPS) is 10.8. The second-order valence-electron chi connectivity index (χ2n) is 4.55. The van der Waals surface area contributed by atoms with Crippen LogP contribution in [-0.2, 0) is 17.9 Å². The third-order valence-corrected chi connectivity index (χ3v) is 5.60. The molecule has 0 N–H and O–H groups in total. The number of amides is 1. The summed E-state index contributed by atoms with van der Waals surface area (Å²) < 4.78 is 9.17. The van der Waals surface area contributed by atoms with Gasteiger partial charge >= 0.3 is 0 Å². The summed E-state index contributed by atoms with van der Waals surface area (Å²) in [6, 6.07) is 0. The fourth-order valence-electron chi connectivity index (χ4n) is 1.90. The molecule has 0 saturated carbocycles. The molecule has 1 amide bonds. The van der Waals surface area contributed by atoms with E-state index in [1.54, 1.807) is 16.2 Å². The molecule has 9 heteroatoms. The van der Waals surface area contributed by atoms with E-state index in [1.165, 1.54) is 18.6 Å². The van der Waals surface area contributed by atoms with Crippen LogP contribution in [0.5, 0.6) is 5.88 Å². The fourth-order valence-corrected chi connectivity index (χ4v) is 4.10. The van der Waals surface area contributed by atoms with Gasteiger partial charge in [0.1, 0.15) is 10.9 Å². The van der Waals surface area contributed by atoms with E-state index in [2.05, 4.69) is 9.36 Å². The lowest BCUT2D eigenvalue weighted by Gasteiger charge is -2.20. The summed E-state index contributed by atoms with van der Waals surface area (Å²) in [5.41, 5.74) is 0.933. The molecular weight excluding hydrogens is 365 g/mol. The lowest BCUT2D eigenvalue weighted by Crippen LogP contribution is -2.30. The molecule has 0 spiro atoms. The molecule has 0 atom stereocenters. The number of nitrogens with zero attached hydrogens (tertiary/aromatic N) is 3. The number of aromatic nitrogens is 2. The molecule has 0 aliphatic carbocycles. The number of methoxy groups -OCH3 is 1. The van der Waals surface area contributed by atoms with Gasteiger partial charge in [0.05, 0.1) is 35.8 Å². The van der Waals surface area contributed by atoms with Crippen LogP contribution < -0.4 is 4.74 Å². The van der Waals surface area contributed by atoms with Crippen molar-refractivity contribution in [3.8, 4) is 5.88 Å². The molecule has 0 saturated heterocycles. The largest absolute Gasteiger partial charge is 0.479 e. The first-order chi connectivity index (χ1) is 10.5. The van der Waals surface area contributed by atoms with Gasteiger partial charge in [0.25, 0.3) is 0 Å². The molecule has 0 fully saturated rings. The first-order valence-electron chi connectivity index (χ1n) is 6.41. The van der Waals surface area contributed by atoms with Crippen molar-refractivity contribution in [2.75, 3.05) is 13.0 Å². The molecule has 0 aromatic carbocycles. The molecule has 5 nitrogen and oxygen atoms in total. The number of hydrogen-bond acceptors (Lipinski definition) is 6. The Kier molecular flexibility index (Phi) is 6.02. The molecule has 2 aromatic heterocycles. The predicted octanol–water partition coefficient (Wildman–Crippen LogP) is 3.65. The van der Waals surface area contributed by atoms with Crippen LogP contribution in [-0.4, -0.2) is 33.2 Å². The van der Waals surface area contributed by atoms with E-state index in [9.17, 15) is 4.79 Å². The van der Waals surface area contributed by atoms with Crippen molar-refractivity contribution < 1.29 is 9.53 Å². The molecular formula is C13H15Cl2N3O2S2.